The third kappa shape index (κ3) is 2.99. The smallest absolute Gasteiger partial charge is 0.253 e. The predicted molar refractivity (Wildman–Crippen MR) is 78.5 cm³/mol. The zero-order valence-electron chi connectivity index (χ0n) is 12.1. The summed E-state index contributed by atoms with van der Waals surface area (Å²) in [5.74, 6) is -0.145. The largest absolute Gasteiger partial charge is 0.396 e. The van der Waals surface area contributed by atoms with E-state index in [9.17, 15) is 4.79 Å². The highest BCUT2D eigenvalue weighted by Crippen LogP contribution is 2.23. The fourth-order valence-corrected chi connectivity index (χ4v) is 2.24. The first-order valence-electron chi connectivity index (χ1n) is 6.77. The van der Waals surface area contributed by atoms with Crippen molar-refractivity contribution in [3.8, 4) is 0 Å². The Morgan fingerprint density at radius 2 is 2.20 bits per heavy atom. The molecule has 5 nitrogen and oxygen atoms in total. The van der Waals surface area contributed by atoms with Crippen LogP contribution >= 0.6 is 0 Å². The fourth-order valence-electron chi connectivity index (χ4n) is 2.24. The van der Waals surface area contributed by atoms with Crippen molar-refractivity contribution in [2.45, 2.75) is 33.2 Å². The van der Waals surface area contributed by atoms with Gasteiger partial charge in [0.15, 0.2) is 0 Å². The Bertz CT molecular complexity index is 598. The first-order chi connectivity index (χ1) is 9.43. The number of hydrogen-bond donors (Lipinski definition) is 3. The van der Waals surface area contributed by atoms with Gasteiger partial charge in [0.05, 0.1) is 17.3 Å². The number of aromatic amines is 1. The average molecular weight is 275 g/mol. The summed E-state index contributed by atoms with van der Waals surface area (Å²) >= 11 is 0. The van der Waals surface area contributed by atoms with Gasteiger partial charge in [0.1, 0.15) is 0 Å². The summed E-state index contributed by atoms with van der Waals surface area (Å²) in [5, 5.41) is 19.9. The van der Waals surface area contributed by atoms with Crippen molar-refractivity contribution in [1.29, 1.82) is 0 Å². The average Bonchev–Trinajstić information content (AvgIpc) is 2.84. The molecule has 1 heterocycles. The van der Waals surface area contributed by atoms with E-state index >= 15 is 0 Å². The number of para-hydroxylation sites is 1. The number of amides is 1. The zero-order chi connectivity index (χ0) is 14.8. The van der Waals surface area contributed by atoms with Crippen molar-refractivity contribution < 1.29 is 9.90 Å². The number of aliphatic hydroxyl groups excluding tert-OH is 1. The number of benzene rings is 1. The van der Waals surface area contributed by atoms with Gasteiger partial charge in [-0.25, -0.2) is 0 Å². The lowest BCUT2D eigenvalue weighted by molar-refractivity contribution is 0.0886. The van der Waals surface area contributed by atoms with Gasteiger partial charge in [0.25, 0.3) is 5.91 Å². The number of aliphatic hydroxyl groups is 1. The third-order valence-corrected chi connectivity index (χ3v) is 3.49. The Morgan fingerprint density at radius 3 is 2.85 bits per heavy atom. The summed E-state index contributed by atoms with van der Waals surface area (Å²) < 4.78 is 0. The van der Waals surface area contributed by atoms with Crippen LogP contribution in [0.1, 0.15) is 37.6 Å². The van der Waals surface area contributed by atoms with Crippen LogP contribution in [0.2, 0.25) is 0 Å². The van der Waals surface area contributed by atoms with E-state index in [1.807, 2.05) is 32.9 Å². The molecular weight excluding hydrogens is 254 g/mol. The van der Waals surface area contributed by atoms with Crippen molar-refractivity contribution in [2.75, 3.05) is 6.61 Å². The molecule has 0 aliphatic carbocycles. The number of rotatable bonds is 4. The van der Waals surface area contributed by atoms with Crippen molar-refractivity contribution in [1.82, 2.24) is 15.5 Å². The van der Waals surface area contributed by atoms with Crippen LogP contribution in [0.5, 0.6) is 0 Å². The lowest BCUT2D eigenvalue weighted by Gasteiger charge is -2.31. The molecular formula is C15H21N3O2. The van der Waals surface area contributed by atoms with Gasteiger partial charge >= 0.3 is 0 Å². The Labute approximate surface area is 118 Å². The second-order valence-electron chi connectivity index (χ2n) is 6.04. The van der Waals surface area contributed by atoms with E-state index in [0.717, 1.165) is 10.9 Å². The van der Waals surface area contributed by atoms with Crippen molar-refractivity contribution >= 4 is 16.8 Å². The second kappa shape index (κ2) is 5.63. The van der Waals surface area contributed by atoms with Gasteiger partial charge in [-0.1, -0.05) is 32.9 Å². The summed E-state index contributed by atoms with van der Waals surface area (Å²) in [4.78, 5) is 12.4. The second-order valence-corrected chi connectivity index (χ2v) is 6.04. The van der Waals surface area contributed by atoms with Crippen molar-refractivity contribution in [3.63, 3.8) is 0 Å². The highest BCUT2D eigenvalue weighted by Gasteiger charge is 2.26. The van der Waals surface area contributed by atoms with Crippen LogP contribution in [0.4, 0.5) is 0 Å². The number of aromatic nitrogens is 2. The van der Waals surface area contributed by atoms with E-state index in [2.05, 4.69) is 15.5 Å². The van der Waals surface area contributed by atoms with Gasteiger partial charge in [-0.15, -0.1) is 0 Å². The molecule has 2 rings (SSSR count). The molecule has 1 unspecified atom stereocenters. The number of nitrogens with zero attached hydrogens (tertiary/aromatic N) is 1. The molecule has 0 saturated carbocycles. The number of hydrogen-bond acceptors (Lipinski definition) is 3. The Hall–Kier alpha value is -1.88. The molecule has 20 heavy (non-hydrogen) atoms. The van der Waals surface area contributed by atoms with Gasteiger partial charge < -0.3 is 10.4 Å². The van der Waals surface area contributed by atoms with Gasteiger partial charge in [-0.3, -0.25) is 9.89 Å². The molecule has 0 saturated heterocycles. The number of fused-ring (bicyclic) bond motifs is 1. The maximum atomic E-state index is 12.4. The summed E-state index contributed by atoms with van der Waals surface area (Å²) in [6, 6.07) is 5.43. The van der Waals surface area contributed by atoms with Crippen LogP contribution in [0, 0.1) is 5.41 Å². The zero-order valence-corrected chi connectivity index (χ0v) is 12.1. The molecule has 1 aromatic carbocycles. The molecule has 0 radical (unpaired) electrons. The van der Waals surface area contributed by atoms with Crippen LogP contribution in [-0.4, -0.2) is 33.9 Å². The van der Waals surface area contributed by atoms with Gasteiger partial charge in [0, 0.05) is 18.0 Å². The van der Waals surface area contributed by atoms with Crippen LogP contribution < -0.4 is 5.32 Å². The number of H-pyrrole nitrogens is 1. The molecule has 3 N–H and O–H groups in total. The minimum Gasteiger partial charge on any atom is -0.396 e. The number of carbonyl (C=O) groups is 1. The molecule has 0 bridgehead atoms. The molecule has 5 heteroatoms. The number of carbonyl (C=O) groups excluding carboxylic acids is 1. The van der Waals surface area contributed by atoms with Gasteiger partial charge in [0.2, 0.25) is 0 Å². The lowest BCUT2D eigenvalue weighted by Crippen LogP contribution is -2.44. The van der Waals surface area contributed by atoms with Crippen LogP contribution in [-0.2, 0) is 0 Å². The SMILES string of the molecule is CC(C)(C)C(CCO)NC(=O)c1cccc2cn[nH]c12. The predicted octanol–water partition coefficient (Wildman–Crippen LogP) is 2.09. The van der Waals surface area contributed by atoms with Gasteiger partial charge in [-0.2, -0.15) is 5.10 Å². The third-order valence-electron chi connectivity index (χ3n) is 3.49. The summed E-state index contributed by atoms with van der Waals surface area (Å²) in [6.07, 6.45) is 2.23. The van der Waals surface area contributed by atoms with E-state index in [1.165, 1.54) is 0 Å². The summed E-state index contributed by atoms with van der Waals surface area (Å²) in [5.41, 5.74) is 1.20. The van der Waals surface area contributed by atoms with Crippen molar-refractivity contribution in [2.24, 2.45) is 5.41 Å². The normalized spacial score (nSPS) is 13.4. The monoisotopic (exact) mass is 275 g/mol. The number of nitrogens with one attached hydrogen (secondary N) is 2. The molecule has 0 aliphatic rings. The van der Waals surface area contributed by atoms with E-state index in [0.29, 0.717) is 12.0 Å². The quantitative estimate of drug-likeness (QED) is 0.799. The summed E-state index contributed by atoms with van der Waals surface area (Å²) in [6.45, 7) is 6.19. The minimum atomic E-state index is -0.145. The topological polar surface area (TPSA) is 78.0 Å². The molecule has 0 spiro atoms. The maximum absolute atomic E-state index is 12.4. The highest BCUT2D eigenvalue weighted by atomic mass is 16.3. The highest BCUT2D eigenvalue weighted by molar-refractivity contribution is 6.05. The molecule has 1 aromatic heterocycles. The standard InChI is InChI=1S/C15H21N3O2/c1-15(2,3)12(7-8-19)17-14(20)11-6-4-5-10-9-16-18-13(10)11/h4-6,9,12,19H,7-8H2,1-3H3,(H,16,18)(H,17,20). The minimum absolute atomic E-state index is 0.0521. The van der Waals surface area contributed by atoms with Crippen LogP contribution in [0.3, 0.4) is 0 Å². The van der Waals surface area contributed by atoms with Gasteiger partial charge in [-0.05, 0) is 17.9 Å². The van der Waals surface area contributed by atoms with E-state index < -0.39 is 0 Å². The van der Waals surface area contributed by atoms with Crippen LogP contribution in [0.25, 0.3) is 10.9 Å². The summed E-state index contributed by atoms with van der Waals surface area (Å²) in [7, 11) is 0. The van der Waals surface area contributed by atoms with E-state index in [-0.39, 0.29) is 24.0 Å². The molecule has 2 aromatic rings. The molecule has 108 valence electrons. The molecule has 1 atom stereocenters. The van der Waals surface area contributed by atoms with Crippen LogP contribution in [0.15, 0.2) is 24.4 Å². The Balaban J connectivity index is 2.25. The first-order valence-corrected chi connectivity index (χ1v) is 6.77. The first kappa shape index (κ1) is 14.5. The maximum Gasteiger partial charge on any atom is 0.253 e. The van der Waals surface area contributed by atoms with E-state index in [4.69, 9.17) is 5.11 Å². The lowest BCUT2D eigenvalue weighted by atomic mass is 9.84. The van der Waals surface area contributed by atoms with Crippen molar-refractivity contribution in [3.05, 3.63) is 30.0 Å². The van der Waals surface area contributed by atoms with E-state index in [1.54, 1.807) is 12.3 Å². The Morgan fingerprint density at radius 1 is 1.45 bits per heavy atom. The molecule has 0 fully saturated rings. The fraction of sp³-hybridized carbons (Fsp3) is 0.467. The molecule has 1 amide bonds. The molecule has 0 aliphatic heterocycles. The Kier molecular flexibility index (Phi) is 4.09.